The lowest BCUT2D eigenvalue weighted by atomic mass is 10.0. The average Bonchev–Trinajstić information content (AvgIpc) is 3.62. The van der Waals surface area contributed by atoms with Gasteiger partial charge >= 0.3 is 11.9 Å². The summed E-state index contributed by atoms with van der Waals surface area (Å²) in [4.78, 5) is 84.0. The van der Waals surface area contributed by atoms with Crippen molar-refractivity contribution in [1.82, 2.24) is 24.7 Å². The minimum absolute atomic E-state index is 0.0495. The van der Waals surface area contributed by atoms with Gasteiger partial charge in [0.15, 0.2) is 0 Å². The maximum atomic E-state index is 12.1. The van der Waals surface area contributed by atoms with Gasteiger partial charge in [0.25, 0.3) is 0 Å². The lowest BCUT2D eigenvalue weighted by Crippen LogP contribution is -2.43. The van der Waals surface area contributed by atoms with Crippen molar-refractivity contribution in [3.63, 3.8) is 0 Å². The van der Waals surface area contributed by atoms with Gasteiger partial charge in [-0.3, -0.25) is 24.7 Å². The Morgan fingerprint density at radius 2 is 0.871 bits per heavy atom. The van der Waals surface area contributed by atoms with Crippen molar-refractivity contribution in [3.05, 3.63) is 80.8 Å². The van der Waals surface area contributed by atoms with Gasteiger partial charge in [0, 0.05) is 74.6 Å². The van der Waals surface area contributed by atoms with Crippen LogP contribution in [0.2, 0.25) is 0 Å². The van der Waals surface area contributed by atoms with Crippen molar-refractivity contribution in [2.24, 2.45) is 5.73 Å². The van der Waals surface area contributed by atoms with E-state index in [9.17, 15) is 59.4 Å². The van der Waals surface area contributed by atoms with Gasteiger partial charge in [-0.1, -0.05) is 12.8 Å². The predicted octanol–water partition coefficient (Wildman–Crippen LogP) is -1.25. The quantitative estimate of drug-likeness (QED) is 0.0621. The third kappa shape index (κ3) is 13.5. The zero-order chi connectivity index (χ0) is 45.8. The van der Waals surface area contributed by atoms with Crippen molar-refractivity contribution >= 4 is 35.8 Å². The van der Waals surface area contributed by atoms with Gasteiger partial charge in [-0.25, -0.2) is 9.59 Å². The van der Waals surface area contributed by atoms with E-state index in [4.69, 9.17) is 24.5 Å². The summed E-state index contributed by atoms with van der Waals surface area (Å²) in [5.74, 6) is -7.91. The van der Waals surface area contributed by atoms with E-state index >= 15 is 0 Å². The van der Waals surface area contributed by atoms with Crippen LogP contribution in [-0.2, 0) is 45.4 Å². The largest absolute Gasteiger partial charge is 0.549 e. The van der Waals surface area contributed by atoms with E-state index in [0.29, 0.717) is 53.2 Å². The molecule has 0 unspecified atom stereocenters. The molecule has 4 rings (SSSR count). The summed E-state index contributed by atoms with van der Waals surface area (Å²) in [6, 6.07) is 6.41. The second kappa shape index (κ2) is 21.9. The molecule has 0 aromatic carbocycles. The smallest absolute Gasteiger partial charge is 0.339 e. The number of carbonyl (C=O) groups excluding carboxylic acids is 4. The molecule has 20 nitrogen and oxygen atoms in total. The lowest BCUT2D eigenvalue weighted by molar-refractivity contribution is -0.313. The molecule has 0 aliphatic heterocycles. The van der Waals surface area contributed by atoms with E-state index in [1.54, 1.807) is 26.0 Å². The monoisotopic (exact) mass is 860 g/mol. The van der Waals surface area contributed by atoms with Crippen LogP contribution in [0.25, 0.3) is 22.6 Å². The number of carboxylic acid groups (broad SMARTS) is 6. The van der Waals surface area contributed by atoms with Gasteiger partial charge in [0.1, 0.15) is 34.2 Å². The molecule has 4 aromatic heterocycles. The molecule has 0 saturated heterocycles. The Kier molecular flexibility index (Phi) is 17.0. The third-order valence-electron chi connectivity index (χ3n) is 9.84. The first-order valence-corrected chi connectivity index (χ1v) is 19.6. The normalized spacial score (nSPS) is 11.5. The molecular formula is C42H48N6O14-4. The number of hydrogen-bond acceptors (Lipinski definition) is 18. The number of hydrogen-bond donors (Lipinski definition) is 3. The van der Waals surface area contributed by atoms with Crippen LogP contribution in [0.5, 0.6) is 0 Å². The number of aromatic nitrogens is 2. The highest BCUT2D eigenvalue weighted by molar-refractivity contribution is 5.93. The van der Waals surface area contributed by atoms with E-state index in [2.05, 4.69) is 0 Å². The molecule has 62 heavy (non-hydrogen) atoms. The number of furan rings is 2. The lowest BCUT2D eigenvalue weighted by Gasteiger charge is -2.25. The zero-order valence-electron chi connectivity index (χ0n) is 34.8. The van der Waals surface area contributed by atoms with Crippen LogP contribution in [0.15, 0.2) is 33.1 Å². The first-order valence-electron chi connectivity index (χ1n) is 19.6. The highest BCUT2D eigenvalue weighted by Crippen LogP contribution is 2.34. The Hall–Kier alpha value is -6.48. The highest BCUT2D eigenvalue weighted by atomic mass is 16.4. The van der Waals surface area contributed by atoms with Crippen LogP contribution in [0.3, 0.4) is 0 Å². The number of unbranched alkanes of at least 4 members (excludes halogenated alkanes) is 3. The number of nitrogens with zero attached hydrogens (tertiary/aromatic N) is 5. The fourth-order valence-electron chi connectivity index (χ4n) is 7.40. The SMILES string of the molecule is Cc1oc(-c2cc(CN(CC(=O)[O-])CC(=O)[O-])nc(CN(CCCCCCN)Cc3cc(-c4oc(C)c(C(=O)O)c4C)cc(CN(CC(=O)[O-])CC(=O)[O-])n3)c2)c(C)c1C(=O)O. The fourth-order valence-corrected chi connectivity index (χ4v) is 7.40. The zero-order valence-corrected chi connectivity index (χ0v) is 34.8. The maximum Gasteiger partial charge on any atom is 0.339 e. The number of rotatable bonds is 26. The average molecular weight is 861 g/mol. The highest BCUT2D eigenvalue weighted by Gasteiger charge is 2.25. The molecule has 0 fully saturated rings. The van der Waals surface area contributed by atoms with Gasteiger partial charge in [0.05, 0.1) is 46.7 Å². The number of pyridine rings is 2. The molecule has 334 valence electrons. The van der Waals surface area contributed by atoms with Crippen LogP contribution in [0.1, 0.15) is 91.8 Å². The molecular weight excluding hydrogens is 812 g/mol. The molecule has 0 aliphatic carbocycles. The van der Waals surface area contributed by atoms with Gasteiger partial charge in [-0.2, -0.15) is 0 Å². The second-order valence-corrected chi connectivity index (χ2v) is 15.0. The molecule has 0 aliphatic rings. The number of aryl methyl sites for hydroxylation is 2. The van der Waals surface area contributed by atoms with Crippen molar-refractivity contribution in [2.75, 3.05) is 39.3 Å². The molecule has 0 amide bonds. The summed E-state index contributed by atoms with van der Waals surface area (Å²) in [6.45, 7) is 3.65. The first kappa shape index (κ1) is 48.2. The summed E-state index contributed by atoms with van der Waals surface area (Å²) in [7, 11) is 0. The van der Waals surface area contributed by atoms with Gasteiger partial charge < -0.3 is 64.4 Å². The van der Waals surface area contributed by atoms with Crippen molar-refractivity contribution in [3.8, 4) is 22.6 Å². The third-order valence-corrected chi connectivity index (χ3v) is 9.84. The Morgan fingerprint density at radius 3 is 1.16 bits per heavy atom. The number of carbonyl (C=O) groups is 6. The maximum absolute atomic E-state index is 12.1. The Labute approximate surface area is 356 Å². The van der Waals surface area contributed by atoms with E-state index in [1.807, 2.05) is 4.90 Å². The predicted molar refractivity (Wildman–Crippen MR) is 209 cm³/mol. The standard InChI is InChI=1S/C42H52N6O14/c1-23-37(41(57)58)25(3)61-39(23)27-11-29(44-31(13-27)17-47(19-33(49)50)20-34(51)52)15-46(10-8-6-5-7-9-43)16-30-12-28(40-24(2)38(42(59)60)26(4)62-40)14-32(45-30)18-48(21-35(53)54)22-36(55)56/h11-14H,5-10,15-22,43H2,1-4H3,(H,49,50)(H,51,52)(H,53,54)(H,55,56)(H,57,58)(H,59,60)/p-4. The van der Waals surface area contributed by atoms with Crippen molar-refractivity contribution < 1.29 is 68.2 Å². The molecule has 0 radical (unpaired) electrons. The summed E-state index contributed by atoms with van der Waals surface area (Å²) in [5.41, 5.74) is 8.21. The number of aliphatic carboxylic acids is 4. The summed E-state index contributed by atoms with van der Waals surface area (Å²) in [5, 5.41) is 66.0. The Morgan fingerprint density at radius 1 is 0.548 bits per heavy atom. The number of carboxylic acids is 6. The van der Waals surface area contributed by atoms with Crippen molar-refractivity contribution in [1.29, 1.82) is 0 Å². The summed E-state index contributed by atoms with van der Waals surface area (Å²) < 4.78 is 11.9. The van der Waals surface area contributed by atoms with Crippen LogP contribution < -0.4 is 26.2 Å². The van der Waals surface area contributed by atoms with Crippen LogP contribution in [0, 0.1) is 27.7 Å². The molecule has 4 heterocycles. The molecule has 4 N–H and O–H groups in total. The fraction of sp³-hybridized carbons (Fsp3) is 0.429. The van der Waals surface area contributed by atoms with Crippen LogP contribution in [-0.4, -0.2) is 110 Å². The van der Waals surface area contributed by atoms with Gasteiger partial charge in [-0.05, 0) is 77.9 Å². The topological polar surface area (TPSA) is 323 Å². The molecule has 0 atom stereocenters. The van der Waals surface area contributed by atoms with Gasteiger partial charge in [0.2, 0.25) is 0 Å². The minimum atomic E-state index is -1.54. The molecule has 0 bridgehead atoms. The summed E-state index contributed by atoms with van der Waals surface area (Å²) in [6.07, 6.45) is 3.10. The van der Waals surface area contributed by atoms with Crippen molar-refractivity contribution in [2.45, 2.75) is 79.6 Å². The summed E-state index contributed by atoms with van der Waals surface area (Å²) >= 11 is 0. The Balaban J connectivity index is 1.86. The Bertz CT molecular complexity index is 2120. The molecule has 0 saturated carbocycles. The van der Waals surface area contributed by atoms with Crippen LogP contribution in [0.4, 0.5) is 0 Å². The minimum Gasteiger partial charge on any atom is -0.549 e. The number of nitrogens with two attached hydrogens (primary N) is 1. The van der Waals surface area contributed by atoms with E-state index in [1.165, 1.54) is 26.0 Å². The van der Waals surface area contributed by atoms with E-state index < -0.39 is 62.0 Å². The molecule has 20 heteroatoms. The second-order valence-electron chi connectivity index (χ2n) is 15.0. The van der Waals surface area contributed by atoms with Crippen LogP contribution >= 0.6 is 0 Å². The van der Waals surface area contributed by atoms with E-state index in [0.717, 1.165) is 29.1 Å². The first-order chi connectivity index (χ1) is 29.3. The van der Waals surface area contributed by atoms with E-state index in [-0.39, 0.29) is 71.7 Å². The molecule has 4 aromatic rings. The van der Waals surface area contributed by atoms with Gasteiger partial charge in [-0.15, -0.1) is 0 Å². The molecule has 0 spiro atoms. The number of aromatic carboxylic acids is 2.